The summed E-state index contributed by atoms with van der Waals surface area (Å²) in [6.07, 6.45) is 5.32. The first kappa shape index (κ1) is 15.1. The van der Waals surface area contributed by atoms with Crippen molar-refractivity contribution in [2.24, 2.45) is 0 Å². The van der Waals surface area contributed by atoms with Crippen LogP contribution in [0, 0.1) is 0 Å². The zero-order chi connectivity index (χ0) is 16.1. The van der Waals surface area contributed by atoms with Crippen molar-refractivity contribution in [1.82, 2.24) is 10.3 Å². The lowest BCUT2D eigenvalue weighted by atomic mass is 10.3. The van der Waals surface area contributed by atoms with Crippen LogP contribution in [0.1, 0.15) is 0 Å². The fourth-order valence-corrected chi connectivity index (χ4v) is 2.17. The van der Waals surface area contributed by atoms with Gasteiger partial charge in [-0.3, -0.25) is 10.1 Å². The maximum atomic E-state index is 12.0. The van der Waals surface area contributed by atoms with Gasteiger partial charge in [0.15, 0.2) is 0 Å². The van der Waals surface area contributed by atoms with E-state index in [0.29, 0.717) is 29.6 Å². The maximum Gasteiger partial charge on any atom is 0.245 e. The van der Waals surface area contributed by atoms with Crippen LogP contribution in [0.25, 0.3) is 0 Å². The minimum absolute atomic E-state index is 0.109. The smallest absolute Gasteiger partial charge is 0.245 e. The molecule has 0 saturated heterocycles. The van der Waals surface area contributed by atoms with E-state index in [-0.39, 0.29) is 11.9 Å². The number of ether oxygens (including phenoxy) is 2. The van der Waals surface area contributed by atoms with Crippen molar-refractivity contribution in [3.8, 4) is 17.4 Å². The van der Waals surface area contributed by atoms with Gasteiger partial charge in [0.05, 0.1) is 19.0 Å². The van der Waals surface area contributed by atoms with E-state index in [4.69, 9.17) is 9.47 Å². The van der Waals surface area contributed by atoms with Crippen LogP contribution in [0.2, 0.25) is 0 Å². The van der Waals surface area contributed by atoms with Gasteiger partial charge in [-0.15, -0.1) is 0 Å². The van der Waals surface area contributed by atoms with E-state index in [1.54, 1.807) is 31.5 Å². The van der Waals surface area contributed by atoms with Gasteiger partial charge in [-0.1, -0.05) is 18.2 Å². The fraction of sp³-hybridized carbons (Fsp3) is 0.176. The van der Waals surface area contributed by atoms with Crippen LogP contribution < -0.4 is 20.1 Å². The first-order chi connectivity index (χ1) is 11.2. The number of anilines is 1. The van der Waals surface area contributed by atoms with Gasteiger partial charge in [0, 0.05) is 18.7 Å². The lowest BCUT2D eigenvalue weighted by Crippen LogP contribution is -2.35. The van der Waals surface area contributed by atoms with E-state index in [1.807, 2.05) is 30.4 Å². The minimum atomic E-state index is -0.289. The SMILES string of the molecule is COc1cccc(Oc2ccc(NC(=O)C3C=CCN3)cn2)c1. The third-order valence-corrected chi connectivity index (χ3v) is 3.33. The number of amides is 1. The summed E-state index contributed by atoms with van der Waals surface area (Å²) >= 11 is 0. The van der Waals surface area contributed by atoms with E-state index in [2.05, 4.69) is 15.6 Å². The molecule has 1 atom stereocenters. The Balaban J connectivity index is 1.62. The monoisotopic (exact) mass is 311 g/mol. The predicted molar refractivity (Wildman–Crippen MR) is 86.9 cm³/mol. The molecule has 1 aliphatic heterocycles. The molecule has 0 fully saturated rings. The Hall–Kier alpha value is -2.86. The number of rotatable bonds is 5. The summed E-state index contributed by atoms with van der Waals surface area (Å²) in [7, 11) is 1.60. The highest BCUT2D eigenvalue weighted by Gasteiger charge is 2.17. The topological polar surface area (TPSA) is 72.5 Å². The molecule has 0 radical (unpaired) electrons. The van der Waals surface area contributed by atoms with Gasteiger partial charge in [0.1, 0.15) is 17.5 Å². The van der Waals surface area contributed by atoms with Crippen LogP contribution in [-0.2, 0) is 4.79 Å². The van der Waals surface area contributed by atoms with E-state index in [0.717, 1.165) is 0 Å². The summed E-state index contributed by atoms with van der Waals surface area (Å²) in [5.74, 6) is 1.68. The summed E-state index contributed by atoms with van der Waals surface area (Å²) < 4.78 is 10.8. The number of pyridine rings is 1. The average molecular weight is 311 g/mol. The molecule has 2 heterocycles. The summed E-state index contributed by atoms with van der Waals surface area (Å²) in [4.78, 5) is 16.2. The highest BCUT2D eigenvalue weighted by Crippen LogP contribution is 2.24. The summed E-state index contributed by atoms with van der Waals surface area (Å²) in [6.45, 7) is 0.712. The van der Waals surface area contributed by atoms with Crippen LogP contribution in [0.15, 0.2) is 54.7 Å². The highest BCUT2D eigenvalue weighted by molar-refractivity contribution is 5.96. The first-order valence-corrected chi connectivity index (χ1v) is 7.23. The van der Waals surface area contributed by atoms with Crippen molar-refractivity contribution in [3.05, 3.63) is 54.7 Å². The normalized spacial score (nSPS) is 16.1. The molecule has 2 aromatic rings. The van der Waals surface area contributed by atoms with Crippen LogP contribution in [0.4, 0.5) is 5.69 Å². The number of carbonyl (C=O) groups excluding carboxylic acids is 1. The molecule has 2 N–H and O–H groups in total. The molecular formula is C17H17N3O3. The van der Waals surface area contributed by atoms with Crippen molar-refractivity contribution in [2.45, 2.75) is 6.04 Å². The van der Waals surface area contributed by atoms with E-state index in [1.165, 1.54) is 0 Å². The number of methoxy groups -OCH3 is 1. The molecule has 1 aromatic carbocycles. The van der Waals surface area contributed by atoms with Crippen LogP contribution in [0.5, 0.6) is 17.4 Å². The number of hydrogen-bond acceptors (Lipinski definition) is 5. The molecule has 23 heavy (non-hydrogen) atoms. The lowest BCUT2D eigenvalue weighted by molar-refractivity contribution is -0.116. The quantitative estimate of drug-likeness (QED) is 0.829. The molecule has 3 rings (SSSR count). The standard InChI is InChI=1S/C17H17N3O3/c1-22-13-4-2-5-14(10-13)23-16-8-7-12(11-19-16)20-17(21)15-6-3-9-18-15/h2-8,10-11,15,18H,9H2,1H3,(H,20,21). The van der Waals surface area contributed by atoms with Gasteiger partial charge >= 0.3 is 0 Å². The van der Waals surface area contributed by atoms with Gasteiger partial charge in [0.25, 0.3) is 0 Å². The second kappa shape index (κ2) is 6.93. The fourth-order valence-electron chi connectivity index (χ4n) is 2.17. The molecule has 118 valence electrons. The predicted octanol–water partition coefficient (Wildman–Crippen LogP) is 2.35. The molecule has 1 amide bonds. The van der Waals surface area contributed by atoms with Crippen molar-refractivity contribution in [2.75, 3.05) is 19.0 Å². The number of benzene rings is 1. The Morgan fingerprint density at radius 3 is 2.87 bits per heavy atom. The van der Waals surface area contributed by atoms with Gasteiger partial charge in [-0.05, 0) is 18.2 Å². The Morgan fingerprint density at radius 1 is 1.30 bits per heavy atom. The van der Waals surface area contributed by atoms with Gasteiger partial charge < -0.3 is 14.8 Å². The highest BCUT2D eigenvalue weighted by atomic mass is 16.5. The Labute approximate surface area is 134 Å². The lowest BCUT2D eigenvalue weighted by Gasteiger charge is -2.11. The summed E-state index contributed by atoms with van der Waals surface area (Å²) in [6, 6.07) is 10.4. The van der Waals surface area contributed by atoms with E-state index in [9.17, 15) is 4.79 Å². The van der Waals surface area contributed by atoms with Crippen LogP contribution in [-0.4, -0.2) is 30.6 Å². The molecule has 1 unspecified atom stereocenters. The number of nitrogens with one attached hydrogen (secondary N) is 2. The molecule has 1 aromatic heterocycles. The second-order valence-electron chi connectivity index (χ2n) is 4.97. The Kier molecular flexibility index (Phi) is 4.54. The number of carbonyl (C=O) groups is 1. The molecule has 0 bridgehead atoms. The molecule has 6 heteroatoms. The van der Waals surface area contributed by atoms with Crippen LogP contribution in [0.3, 0.4) is 0 Å². The summed E-state index contributed by atoms with van der Waals surface area (Å²) in [5.41, 5.74) is 0.620. The van der Waals surface area contributed by atoms with Gasteiger partial charge in [0.2, 0.25) is 11.8 Å². The average Bonchev–Trinajstić information content (AvgIpc) is 3.11. The number of nitrogens with zero attached hydrogens (tertiary/aromatic N) is 1. The Morgan fingerprint density at radius 2 is 2.17 bits per heavy atom. The third kappa shape index (κ3) is 3.87. The molecule has 0 saturated carbocycles. The molecule has 0 spiro atoms. The van der Waals surface area contributed by atoms with E-state index < -0.39 is 0 Å². The first-order valence-electron chi connectivity index (χ1n) is 7.23. The van der Waals surface area contributed by atoms with Crippen LogP contribution >= 0.6 is 0 Å². The minimum Gasteiger partial charge on any atom is -0.497 e. The van der Waals surface area contributed by atoms with Crippen molar-refractivity contribution in [1.29, 1.82) is 0 Å². The molecule has 0 aliphatic carbocycles. The van der Waals surface area contributed by atoms with Gasteiger partial charge in [-0.25, -0.2) is 4.98 Å². The van der Waals surface area contributed by atoms with Gasteiger partial charge in [-0.2, -0.15) is 0 Å². The molecular weight excluding hydrogens is 294 g/mol. The third-order valence-electron chi connectivity index (χ3n) is 3.33. The molecule has 6 nitrogen and oxygen atoms in total. The molecule has 1 aliphatic rings. The van der Waals surface area contributed by atoms with Crippen molar-refractivity contribution >= 4 is 11.6 Å². The maximum absolute atomic E-state index is 12.0. The zero-order valence-corrected chi connectivity index (χ0v) is 12.7. The summed E-state index contributed by atoms with van der Waals surface area (Å²) in [5, 5.41) is 5.85. The number of aromatic nitrogens is 1. The van der Waals surface area contributed by atoms with Crippen molar-refractivity contribution < 1.29 is 14.3 Å². The van der Waals surface area contributed by atoms with Crippen molar-refractivity contribution in [3.63, 3.8) is 0 Å². The number of hydrogen-bond donors (Lipinski definition) is 2. The largest absolute Gasteiger partial charge is 0.497 e. The second-order valence-corrected chi connectivity index (χ2v) is 4.97. The van der Waals surface area contributed by atoms with E-state index >= 15 is 0 Å². The zero-order valence-electron chi connectivity index (χ0n) is 12.7. The Bertz CT molecular complexity index is 713.